The van der Waals surface area contributed by atoms with Gasteiger partial charge in [0.15, 0.2) is 5.75 Å². The fourth-order valence-electron chi connectivity index (χ4n) is 2.60. The number of carbonyl (C=O) groups excluding carboxylic acids is 1. The van der Waals surface area contributed by atoms with E-state index < -0.39 is 10.9 Å². The van der Waals surface area contributed by atoms with Crippen LogP contribution in [0.2, 0.25) is 0 Å². The van der Waals surface area contributed by atoms with Gasteiger partial charge in [-0.15, -0.1) is 0 Å². The van der Waals surface area contributed by atoms with Crippen LogP contribution >= 0.6 is 0 Å². The molecule has 0 aliphatic rings. The first-order chi connectivity index (χ1) is 12.6. The van der Waals surface area contributed by atoms with E-state index in [9.17, 15) is 20.0 Å². The Labute approximate surface area is 149 Å². The Morgan fingerprint density at radius 3 is 2.35 bits per heavy atom. The number of nitrogens with zero attached hydrogens (tertiary/aromatic N) is 1. The minimum absolute atomic E-state index is 0.0280. The number of aromatic carboxylic acids is 1. The third-order valence-corrected chi connectivity index (χ3v) is 3.85. The van der Waals surface area contributed by atoms with E-state index in [2.05, 4.69) is 0 Å². The summed E-state index contributed by atoms with van der Waals surface area (Å²) in [7, 11) is 0. The normalized spacial score (nSPS) is 10.3. The van der Waals surface area contributed by atoms with Crippen molar-refractivity contribution >= 4 is 11.7 Å². The number of ether oxygens (including phenoxy) is 1. The quantitative estimate of drug-likeness (QED) is 0.504. The topological polar surface area (TPSA) is 92.5 Å². The summed E-state index contributed by atoms with van der Waals surface area (Å²) in [6.45, 7) is 0.191. The summed E-state index contributed by atoms with van der Waals surface area (Å²) < 4.78 is 5.58. The molecule has 3 aromatic carbocycles. The molecule has 0 fully saturated rings. The zero-order valence-corrected chi connectivity index (χ0v) is 13.6. The van der Waals surface area contributed by atoms with Crippen molar-refractivity contribution in [2.45, 2.75) is 6.61 Å². The number of carboxylic acids is 1. The summed E-state index contributed by atoms with van der Waals surface area (Å²) in [5.74, 6) is -1.22. The van der Waals surface area contributed by atoms with E-state index in [1.807, 2.05) is 30.3 Å². The molecule has 0 heterocycles. The summed E-state index contributed by atoms with van der Waals surface area (Å²) >= 11 is 0. The Bertz CT molecular complexity index is 953. The van der Waals surface area contributed by atoms with Crippen LogP contribution in [0.3, 0.4) is 0 Å². The summed E-state index contributed by atoms with van der Waals surface area (Å²) in [5.41, 5.74) is 1.38. The number of carboxylic acid groups (broad SMARTS) is 1. The van der Waals surface area contributed by atoms with E-state index in [1.165, 1.54) is 18.2 Å². The van der Waals surface area contributed by atoms with Crippen molar-refractivity contribution in [1.82, 2.24) is 0 Å². The number of rotatable bonds is 6. The highest BCUT2D eigenvalue weighted by atomic mass is 16.6. The first-order valence-corrected chi connectivity index (χ1v) is 7.82. The van der Waals surface area contributed by atoms with Crippen molar-refractivity contribution in [3.63, 3.8) is 0 Å². The maximum Gasteiger partial charge on any atom is 0.311 e. The van der Waals surface area contributed by atoms with Crippen molar-refractivity contribution in [2.75, 3.05) is 0 Å². The standard InChI is InChI=1S/C20H15NO5/c22-20(23)17-9-5-4-8-16(17)15-10-11-19(18(12-15)21(24)25)26-13-14-6-2-1-3-7-14/h1-12H,13H2,(H,22,23)/p-1. The van der Waals surface area contributed by atoms with E-state index in [0.29, 0.717) is 11.1 Å². The predicted molar refractivity (Wildman–Crippen MR) is 93.6 cm³/mol. The zero-order chi connectivity index (χ0) is 18.5. The highest BCUT2D eigenvalue weighted by Gasteiger charge is 2.18. The first kappa shape index (κ1) is 17.2. The fraction of sp³-hybridized carbons (Fsp3) is 0.0500. The largest absolute Gasteiger partial charge is 0.545 e. The van der Waals surface area contributed by atoms with Crippen molar-refractivity contribution in [3.05, 3.63) is 94.0 Å². The van der Waals surface area contributed by atoms with Crippen LogP contribution in [0.1, 0.15) is 15.9 Å². The number of nitro benzene ring substituents is 1. The molecule has 0 radical (unpaired) electrons. The molecular weight excluding hydrogens is 334 g/mol. The molecule has 0 saturated carbocycles. The van der Waals surface area contributed by atoms with Gasteiger partial charge < -0.3 is 14.6 Å². The smallest absolute Gasteiger partial charge is 0.311 e. The van der Waals surface area contributed by atoms with Gasteiger partial charge in [0.2, 0.25) is 0 Å². The molecule has 0 amide bonds. The van der Waals surface area contributed by atoms with Crippen LogP contribution in [-0.2, 0) is 6.61 Å². The van der Waals surface area contributed by atoms with Gasteiger partial charge in [0.05, 0.1) is 10.9 Å². The summed E-state index contributed by atoms with van der Waals surface area (Å²) in [6.07, 6.45) is 0. The molecule has 130 valence electrons. The molecule has 0 saturated heterocycles. The van der Waals surface area contributed by atoms with Crippen molar-refractivity contribution in [1.29, 1.82) is 0 Å². The number of nitro groups is 1. The number of benzene rings is 3. The molecule has 0 atom stereocenters. The highest BCUT2D eigenvalue weighted by Crippen LogP contribution is 2.34. The molecule has 6 nitrogen and oxygen atoms in total. The number of carbonyl (C=O) groups is 1. The van der Waals surface area contributed by atoms with Crippen LogP contribution in [-0.4, -0.2) is 10.9 Å². The second kappa shape index (κ2) is 7.48. The highest BCUT2D eigenvalue weighted by molar-refractivity contribution is 5.95. The average Bonchev–Trinajstić information content (AvgIpc) is 2.67. The number of hydrogen-bond donors (Lipinski definition) is 0. The van der Waals surface area contributed by atoms with Crippen molar-refractivity contribution < 1.29 is 19.6 Å². The summed E-state index contributed by atoms with van der Waals surface area (Å²) in [4.78, 5) is 22.2. The summed E-state index contributed by atoms with van der Waals surface area (Å²) in [6, 6.07) is 19.9. The van der Waals surface area contributed by atoms with E-state index >= 15 is 0 Å². The molecule has 0 unspecified atom stereocenters. The minimum atomic E-state index is -1.34. The van der Waals surface area contributed by atoms with Crippen LogP contribution < -0.4 is 9.84 Å². The second-order valence-corrected chi connectivity index (χ2v) is 5.55. The third kappa shape index (κ3) is 3.70. The van der Waals surface area contributed by atoms with Gasteiger partial charge in [0.25, 0.3) is 0 Å². The Hall–Kier alpha value is -3.67. The van der Waals surface area contributed by atoms with Crippen LogP contribution in [0.4, 0.5) is 5.69 Å². The van der Waals surface area contributed by atoms with Gasteiger partial charge in [-0.25, -0.2) is 0 Å². The average molecular weight is 348 g/mol. The van der Waals surface area contributed by atoms with E-state index in [-0.39, 0.29) is 23.6 Å². The zero-order valence-electron chi connectivity index (χ0n) is 13.6. The van der Waals surface area contributed by atoms with Gasteiger partial charge in [-0.1, -0.05) is 60.7 Å². The Morgan fingerprint density at radius 1 is 0.962 bits per heavy atom. The molecule has 0 aliphatic carbocycles. The van der Waals surface area contributed by atoms with Gasteiger partial charge in [0, 0.05) is 11.6 Å². The van der Waals surface area contributed by atoms with Crippen LogP contribution in [0.5, 0.6) is 5.75 Å². The lowest BCUT2D eigenvalue weighted by Crippen LogP contribution is -2.22. The van der Waals surface area contributed by atoms with Crippen molar-refractivity contribution in [2.24, 2.45) is 0 Å². The lowest BCUT2D eigenvalue weighted by Gasteiger charge is -2.12. The van der Waals surface area contributed by atoms with Gasteiger partial charge in [-0.05, 0) is 22.8 Å². The summed E-state index contributed by atoms with van der Waals surface area (Å²) in [5, 5.41) is 22.7. The lowest BCUT2D eigenvalue weighted by molar-refractivity contribution is -0.385. The van der Waals surface area contributed by atoms with Gasteiger partial charge >= 0.3 is 5.69 Å². The molecule has 3 aromatic rings. The fourth-order valence-corrected chi connectivity index (χ4v) is 2.60. The van der Waals surface area contributed by atoms with Crippen molar-refractivity contribution in [3.8, 4) is 16.9 Å². The van der Waals surface area contributed by atoms with Crippen LogP contribution in [0.15, 0.2) is 72.8 Å². The van der Waals surface area contributed by atoms with E-state index in [4.69, 9.17) is 4.74 Å². The van der Waals surface area contributed by atoms with Gasteiger partial charge in [-0.2, -0.15) is 0 Å². The predicted octanol–water partition coefficient (Wildman–Crippen LogP) is 3.20. The maximum atomic E-state index is 11.4. The monoisotopic (exact) mass is 348 g/mol. The Morgan fingerprint density at radius 2 is 1.65 bits per heavy atom. The SMILES string of the molecule is O=C([O-])c1ccccc1-c1ccc(OCc2ccccc2)c([N+](=O)[O-])c1. The van der Waals surface area contributed by atoms with Gasteiger partial charge in [-0.3, -0.25) is 10.1 Å². The molecule has 3 rings (SSSR count). The molecule has 26 heavy (non-hydrogen) atoms. The first-order valence-electron chi connectivity index (χ1n) is 7.82. The molecule has 0 aromatic heterocycles. The second-order valence-electron chi connectivity index (χ2n) is 5.55. The van der Waals surface area contributed by atoms with Crippen LogP contribution in [0, 0.1) is 10.1 Å². The van der Waals surface area contributed by atoms with E-state index in [0.717, 1.165) is 5.56 Å². The third-order valence-electron chi connectivity index (χ3n) is 3.85. The van der Waals surface area contributed by atoms with E-state index in [1.54, 1.807) is 24.3 Å². The molecule has 0 spiro atoms. The molecule has 0 N–H and O–H groups in total. The minimum Gasteiger partial charge on any atom is -0.545 e. The molecule has 0 aliphatic heterocycles. The maximum absolute atomic E-state index is 11.4. The molecule has 6 heteroatoms. The molecular formula is C20H14NO5-. The Balaban J connectivity index is 1.95. The van der Waals surface area contributed by atoms with Crippen LogP contribution in [0.25, 0.3) is 11.1 Å². The number of hydrogen-bond acceptors (Lipinski definition) is 5. The van der Waals surface area contributed by atoms with Gasteiger partial charge in [0.1, 0.15) is 6.61 Å². The molecule has 0 bridgehead atoms. The Kier molecular flexibility index (Phi) is 4.94. The lowest BCUT2D eigenvalue weighted by atomic mass is 9.99.